The van der Waals surface area contributed by atoms with Crippen LogP contribution in [0.15, 0.2) is 48.5 Å². The van der Waals surface area contributed by atoms with Crippen LogP contribution in [0.2, 0.25) is 0 Å². The number of fused-ring (bicyclic) bond motifs is 6. The molecule has 3 aromatic rings. The normalized spacial score (nSPS) is 20.0. The van der Waals surface area contributed by atoms with Crippen molar-refractivity contribution < 1.29 is 9.59 Å². The number of nitrogens with zero attached hydrogens (tertiary/aromatic N) is 4. The lowest BCUT2D eigenvalue weighted by Crippen LogP contribution is -2.51. The van der Waals surface area contributed by atoms with E-state index in [-0.39, 0.29) is 18.0 Å². The van der Waals surface area contributed by atoms with E-state index in [9.17, 15) is 9.59 Å². The third-order valence-electron chi connectivity index (χ3n) is 7.66. The fourth-order valence-corrected chi connectivity index (χ4v) is 6.06. The topological polar surface area (TPSA) is 48.8 Å². The predicted octanol–water partition coefficient (Wildman–Crippen LogP) is 4.19. The number of piperidine rings is 1. The SMILES string of the molecule is CN1c2ccccc2C(=O)N2CCc3c(n(CCC(=O)N4CCCCC4)c4ccccc34)C21. The molecule has 0 aliphatic carbocycles. The maximum absolute atomic E-state index is 13.4. The third-order valence-corrected chi connectivity index (χ3v) is 7.66. The molecule has 0 bridgehead atoms. The van der Waals surface area contributed by atoms with E-state index in [0.29, 0.717) is 19.5 Å². The molecule has 6 heteroatoms. The van der Waals surface area contributed by atoms with Gasteiger partial charge >= 0.3 is 0 Å². The lowest BCUT2D eigenvalue weighted by atomic mass is 9.96. The zero-order valence-corrected chi connectivity index (χ0v) is 19.2. The van der Waals surface area contributed by atoms with E-state index in [1.165, 1.54) is 23.1 Å². The van der Waals surface area contributed by atoms with Gasteiger partial charge in [0.2, 0.25) is 5.91 Å². The Kier molecular flexibility index (Phi) is 4.89. The van der Waals surface area contributed by atoms with Crippen molar-refractivity contribution in [2.45, 2.75) is 44.8 Å². The molecule has 3 aliphatic heterocycles. The first kappa shape index (κ1) is 20.3. The maximum Gasteiger partial charge on any atom is 0.257 e. The minimum Gasteiger partial charge on any atom is -0.349 e. The van der Waals surface area contributed by atoms with E-state index >= 15 is 0 Å². The number of carbonyl (C=O) groups is 2. The molecule has 170 valence electrons. The van der Waals surface area contributed by atoms with E-state index in [2.05, 4.69) is 40.8 Å². The fourth-order valence-electron chi connectivity index (χ4n) is 6.06. The predicted molar refractivity (Wildman–Crippen MR) is 129 cm³/mol. The van der Waals surface area contributed by atoms with Crippen LogP contribution in [-0.2, 0) is 17.8 Å². The van der Waals surface area contributed by atoms with Crippen LogP contribution >= 0.6 is 0 Å². The van der Waals surface area contributed by atoms with Gasteiger partial charge in [-0.05, 0) is 49.4 Å². The Balaban J connectivity index is 1.42. The largest absolute Gasteiger partial charge is 0.349 e. The standard InChI is InChI=1S/C27H30N4O2/c1-28-22-11-5-4-10-21(22)27(33)31-17-13-20-19-9-3-6-12-23(19)30(25(20)26(28)31)18-14-24(32)29-15-7-2-8-16-29/h3-6,9-12,26H,2,7-8,13-18H2,1H3. The molecule has 1 aromatic heterocycles. The Morgan fingerprint density at radius 2 is 1.73 bits per heavy atom. The molecule has 0 spiro atoms. The number of benzene rings is 2. The van der Waals surface area contributed by atoms with E-state index in [0.717, 1.165) is 49.1 Å². The number of hydrogen-bond acceptors (Lipinski definition) is 3. The van der Waals surface area contributed by atoms with Gasteiger partial charge in [0.25, 0.3) is 5.91 Å². The molecule has 6 rings (SSSR count). The zero-order valence-electron chi connectivity index (χ0n) is 19.2. The van der Waals surface area contributed by atoms with Crippen LogP contribution < -0.4 is 4.90 Å². The van der Waals surface area contributed by atoms with Crippen LogP contribution in [0, 0.1) is 0 Å². The highest BCUT2D eigenvalue weighted by Gasteiger charge is 2.42. The molecule has 1 atom stereocenters. The molecular formula is C27H30N4O2. The van der Waals surface area contributed by atoms with Crippen LogP contribution in [0.5, 0.6) is 0 Å². The van der Waals surface area contributed by atoms with Gasteiger partial charge in [0.05, 0.1) is 16.9 Å². The Morgan fingerprint density at radius 1 is 0.970 bits per heavy atom. The first-order valence-corrected chi connectivity index (χ1v) is 12.2. The Labute approximate surface area is 194 Å². The summed E-state index contributed by atoms with van der Waals surface area (Å²) in [6.45, 7) is 3.11. The van der Waals surface area contributed by atoms with Crippen LogP contribution in [0.1, 0.15) is 53.5 Å². The number of aryl methyl sites for hydroxylation is 1. The summed E-state index contributed by atoms with van der Waals surface area (Å²) in [4.78, 5) is 32.7. The number of aromatic nitrogens is 1. The number of carbonyl (C=O) groups excluding carboxylic acids is 2. The van der Waals surface area contributed by atoms with Crippen LogP contribution in [-0.4, -0.2) is 52.9 Å². The number of hydrogen-bond donors (Lipinski definition) is 0. The first-order chi connectivity index (χ1) is 16.1. The molecule has 3 aliphatic rings. The molecule has 1 fully saturated rings. The molecule has 4 heterocycles. The van der Waals surface area contributed by atoms with Gasteiger partial charge in [-0.1, -0.05) is 30.3 Å². The number of amides is 2. The smallest absolute Gasteiger partial charge is 0.257 e. The summed E-state index contributed by atoms with van der Waals surface area (Å²) in [5, 5.41) is 1.25. The van der Waals surface area contributed by atoms with Crippen molar-refractivity contribution in [3.05, 3.63) is 65.4 Å². The fraction of sp³-hybridized carbons (Fsp3) is 0.407. The van der Waals surface area contributed by atoms with Crippen molar-refractivity contribution >= 4 is 28.4 Å². The summed E-state index contributed by atoms with van der Waals surface area (Å²) in [6, 6.07) is 16.4. The molecule has 0 N–H and O–H groups in total. The average molecular weight is 443 g/mol. The summed E-state index contributed by atoms with van der Waals surface area (Å²) in [5.74, 6) is 0.341. The van der Waals surface area contributed by atoms with Gasteiger partial charge in [0, 0.05) is 50.6 Å². The molecule has 1 saturated heterocycles. The molecule has 0 saturated carbocycles. The van der Waals surface area contributed by atoms with Crippen molar-refractivity contribution in [1.82, 2.24) is 14.4 Å². The van der Waals surface area contributed by atoms with Crippen molar-refractivity contribution in [3.8, 4) is 0 Å². The number of para-hydroxylation sites is 2. The zero-order chi connectivity index (χ0) is 22.5. The summed E-state index contributed by atoms with van der Waals surface area (Å²) in [5.41, 5.74) is 5.38. The highest BCUT2D eigenvalue weighted by atomic mass is 16.2. The summed E-state index contributed by atoms with van der Waals surface area (Å²) in [6.07, 6.45) is 4.61. The van der Waals surface area contributed by atoms with Gasteiger partial charge in [0.15, 0.2) is 0 Å². The van der Waals surface area contributed by atoms with E-state index < -0.39 is 0 Å². The minimum atomic E-state index is -0.159. The van der Waals surface area contributed by atoms with Gasteiger partial charge in [0.1, 0.15) is 6.17 Å². The third kappa shape index (κ3) is 3.15. The molecule has 2 aromatic carbocycles. The highest BCUT2D eigenvalue weighted by Crippen LogP contribution is 2.44. The van der Waals surface area contributed by atoms with Gasteiger partial charge in [-0.3, -0.25) is 9.59 Å². The lowest BCUT2D eigenvalue weighted by molar-refractivity contribution is -0.132. The highest BCUT2D eigenvalue weighted by molar-refractivity contribution is 6.02. The lowest BCUT2D eigenvalue weighted by Gasteiger charge is -2.46. The molecule has 1 unspecified atom stereocenters. The number of rotatable bonds is 3. The van der Waals surface area contributed by atoms with Gasteiger partial charge in [-0.25, -0.2) is 0 Å². The van der Waals surface area contributed by atoms with Crippen molar-refractivity contribution in [1.29, 1.82) is 0 Å². The maximum atomic E-state index is 13.4. The van der Waals surface area contributed by atoms with Crippen molar-refractivity contribution in [2.24, 2.45) is 0 Å². The monoisotopic (exact) mass is 442 g/mol. The molecule has 2 amide bonds. The Morgan fingerprint density at radius 3 is 2.58 bits per heavy atom. The van der Waals surface area contributed by atoms with Crippen LogP contribution in [0.25, 0.3) is 10.9 Å². The molecule has 0 radical (unpaired) electrons. The average Bonchev–Trinajstić information content (AvgIpc) is 3.19. The molecular weight excluding hydrogens is 412 g/mol. The second-order valence-electron chi connectivity index (χ2n) is 9.47. The summed E-state index contributed by atoms with van der Waals surface area (Å²) in [7, 11) is 2.08. The van der Waals surface area contributed by atoms with Gasteiger partial charge < -0.3 is 19.3 Å². The Bertz CT molecular complexity index is 1240. The quantitative estimate of drug-likeness (QED) is 0.611. The van der Waals surface area contributed by atoms with E-state index in [4.69, 9.17) is 0 Å². The summed E-state index contributed by atoms with van der Waals surface area (Å²) >= 11 is 0. The van der Waals surface area contributed by atoms with Crippen LogP contribution in [0.3, 0.4) is 0 Å². The molecule has 33 heavy (non-hydrogen) atoms. The van der Waals surface area contributed by atoms with E-state index in [1.54, 1.807) is 0 Å². The first-order valence-electron chi connectivity index (χ1n) is 12.2. The van der Waals surface area contributed by atoms with Crippen LogP contribution in [0.4, 0.5) is 5.69 Å². The Hall–Kier alpha value is -3.28. The van der Waals surface area contributed by atoms with Crippen molar-refractivity contribution in [2.75, 3.05) is 31.6 Å². The number of anilines is 1. The molecule has 6 nitrogen and oxygen atoms in total. The van der Waals surface area contributed by atoms with E-state index in [1.807, 2.05) is 34.1 Å². The minimum absolute atomic E-state index is 0.0977. The number of likely N-dealkylation sites (tertiary alicyclic amines) is 1. The van der Waals surface area contributed by atoms with Gasteiger partial charge in [-0.2, -0.15) is 0 Å². The summed E-state index contributed by atoms with van der Waals surface area (Å²) < 4.78 is 2.32. The second kappa shape index (κ2) is 7.94. The second-order valence-corrected chi connectivity index (χ2v) is 9.47. The van der Waals surface area contributed by atoms with Crippen molar-refractivity contribution in [3.63, 3.8) is 0 Å². The van der Waals surface area contributed by atoms with Gasteiger partial charge in [-0.15, -0.1) is 0 Å².